The summed E-state index contributed by atoms with van der Waals surface area (Å²) in [5.41, 5.74) is 7.01. The molecule has 0 saturated heterocycles. The molecule has 0 radical (unpaired) electrons. The summed E-state index contributed by atoms with van der Waals surface area (Å²) in [6.07, 6.45) is 0. The van der Waals surface area contributed by atoms with Crippen molar-refractivity contribution in [3.8, 4) is 0 Å². The van der Waals surface area contributed by atoms with E-state index >= 15 is 0 Å². The van der Waals surface area contributed by atoms with Gasteiger partial charge in [0.25, 0.3) is 11.8 Å². The first-order valence-electron chi connectivity index (χ1n) is 7.05. The van der Waals surface area contributed by atoms with Gasteiger partial charge in [-0.15, -0.1) is 11.3 Å². The summed E-state index contributed by atoms with van der Waals surface area (Å²) < 4.78 is 2.90. The molecule has 0 bridgehead atoms. The summed E-state index contributed by atoms with van der Waals surface area (Å²) in [6, 6.07) is 13.6. The van der Waals surface area contributed by atoms with Gasteiger partial charge < -0.3 is 4.57 Å². The van der Waals surface area contributed by atoms with Crippen LogP contribution in [0.4, 0.5) is 0 Å². The number of carbonyl (C=O) groups excluding carboxylic acids is 2. The van der Waals surface area contributed by atoms with E-state index in [0.29, 0.717) is 12.2 Å². The van der Waals surface area contributed by atoms with Gasteiger partial charge in [0.1, 0.15) is 5.69 Å². The van der Waals surface area contributed by atoms with Crippen LogP contribution in [-0.4, -0.2) is 21.2 Å². The Morgan fingerprint density at radius 2 is 1.88 bits per heavy atom. The van der Waals surface area contributed by atoms with Gasteiger partial charge in [0.15, 0.2) is 4.84 Å². The minimum atomic E-state index is -1.25. The van der Waals surface area contributed by atoms with Crippen LogP contribution < -0.4 is 10.9 Å². The maximum Gasteiger partial charge on any atom is 0.286 e. The summed E-state index contributed by atoms with van der Waals surface area (Å²) in [4.78, 5) is 22.6. The van der Waals surface area contributed by atoms with Crippen molar-refractivity contribution in [3.63, 3.8) is 0 Å². The van der Waals surface area contributed by atoms with Crippen LogP contribution in [0, 0.1) is 0 Å². The van der Waals surface area contributed by atoms with Gasteiger partial charge in [-0.3, -0.25) is 20.4 Å². The van der Waals surface area contributed by atoms with Crippen LogP contribution >= 0.6 is 34.5 Å². The predicted octanol–water partition coefficient (Wildman–Crippen LogP) is 3.32. The Balaban J connectivity index is 1.87. The van der Waals surface area contributed by atoms with E-state index in [1.807, 2.05) is 46.3 Å². The van der Waals surface area contributed by atoms with Crippen molar-refractivity contribution in [3.05, 3.63) is 59.1 Å². The number of hydrazine groups is 1. The van der Waals surface area contributed by atoms with Crippen LogP contribution in [0.25, 0.3) is 10.2 Å². The van der Waals surface area contributed by atoms with Crippen LogP contribution in [0.2, 0.25) is 0 Å². The maximum absolute atomic E-state index is 12.4. The third-order valence-corrected chi connectivity index (χ3v) is 4.69. The normalized spacial score (nSPS) is 11.0. The SMILES string of the molecule is O=C(NNC(=O)C(Cl)Cl)c1cc2sccc2n1Cc1ccccc1. The number of hydrogen-bond donors (Lipinski definition) is 2. The molecule has 2 N–H and O–H groups in total. The minimum absolute atomic E-state index is 0.434. The lowest BCUT2D eigenvalue weighted by Gasteiger charge is -2.12. The Kier molecular flexibility index (Phi) is 5.08. The molecule has 124 valence electrons. The van der Waals surface area contributed by atoms with E-state index < -0.39 is 16.7 Å². The lowest BCUT2D eigenvalue weighted by molar-refractivity contribution is -0.120. The average molecular weight is 382 g/mol. The maximum atomic E-state index is 12.4. The molecular weight excluding hydrogens is 369 g/mol. The van der Waals surface area contributed by atoms with Crippen molar-refractivity contribution in [2.24, 2.45) is 0 Å². The third kappa shape index (κ3) is 3.56. The zero-order valence-electron chi connectivity index (χ0n) is 12.3. The summed E-state index contributed by atoms with van der Waals surface area (Å²) in [6.45, 7) is 0.547. The lowest BCUT2D eigenvalue weighted by atomic mass is 10.2. The summed E-state index contributed by atoms with van der Waals surface area (Å²) >= 11 is 12.4. The van der Waals surface area contributed by atoms with Gasteiger partial charge in [-0.2, -0.15) is 0 Å². The molecule has 2 heterocycles. The number of rotatable bonds is 4. The fraction of sp³-hybridized carbons (Fsp3) is 0.125. The quantitative estimate of drug-likeness (QED) is 0.537. The molecule has 0 aliphatic heterocycles. The Morgan fingerprint density at radius 1 is 1.12 bits per heavy atom. The summed E-state index contributed by atoms with van der Waals surface area (Å²) in [5, 5.41) is 1.97. The van der Waals surface area contributed by atoms with Crippen LogP contribution in [-0.2, 0) is 11.3 Å². The molecule has 1 aromatic carbocycles. The average Bonchev–Trinajstić information content (AvgIpc) is 3.16. The Bertz CT molecular complexity index is 874. The van der Waals surface area contributed by atoms with Crippen molar-refractivity contribution in [2.75, 3.05) is 0 Å². The molecule has 24 heavy (non-hydrogen) atoms. The Labute approximate surface area is 152 Å². The van der Waals surface area contributed by atoms with Crippen molar-refractivity contribution >= 4 is 56.6 Å². The highest BCUT2D eigenvalue weighted by Crippen LogP contribution is 2.26. The highest BCUT2D eigenvalue weighted by atomic mass is 35.5. The molecule has 0 atom stereocenters. The number of hydrogen-bond acceptors (Lipinski definition) is 3. The van der Waals surface area contributed by atoms with E-state index in [1.165, 1.54) is 0 Å². The van der Waals surface area contributed by atoms with Crippen molar-refractivity contribution < 1.29 is 9.59 Å². The molecule has 2 amide bonds. The highest BCUT2D eigenvalue weighted by molar-refractivity contribution is 7.17. The first-order valence-corrected chi connectivity index (χ1v) is 8.80. The molecule has 0 spiro atoms. The van der Waals surface area contributed by atoms with Crippen LogP contribution in [0.15, 0.2) is 47.8 Å². The Hall–Kier alpha value is -2.02. The molecule has 0 fully saturated rings. The van der Waals surface area contributed by atoms with E-state index in [0.717, 1.165) is 15.8 Å². The zero-order chi connectivity index (χ0) is 17.1. The molecule has 0 aliphatic rings. The molecule has 3 rings (SSSR count). The standard InChI is InChI=1S/C16H13Cl2N3O2S/c17-14(18)16(23)20-19-15(22)12-8-13-11(6-7-24-13)21(12)9-10-4-2-1-3-5-10/h1-8,14H,9H2,(H,19,22)(H,20,23). The number of carbonyl (C=O) groups is 2. The summed E-state index contributed by atoms with van der Waals surface area (Å²) in [7, 11) is 0. The molecule has 0 aliphatic carbocycles. The van der Waals surface area contributed by atoms with Gasteiger partial charge in [0.2, 0.25) is 0 Å². The molecule has 3 aromatic rings. The van der Waals surface area contributed by atoms with Crippen molar-refractivity contribution in [2.45, 2.75) is 11.4 Å². The first-order chi connectivity index (χ1) is 11.6. The minimum Gasteiger partial charge on any atom is -0.331 e. The zero-order valence-corrected chi connectivity index (χ0v) is 14.7. The van der Waals surface area contributed by atoms with Gasteiger partial charge in [-0.1, -0.05) is 53.5 Å². The van der Waals surface area contributed by atoms with Gasteiger partial charge >= 0.3 is 0 Å². The number of amides is 2. The van der Waals surface area contributed by atoms with Crippen LogP contribution in [0.5, 0.6) is 0 Å². The molecule has 0 saturated carbocycles. The number of alkyl halides is 2. The predicted molar refractivity (Wildman–Crippen MR) is 96.5 cm³/mol. The van der Waals surface area contributed by atoms with E-state index in [1.54, 1.807) is 17.4 Å². The molecular formula is C16H13Cl2N3O2S. The third-order valence-electron chi connectivity index (χ3n) is 3.44. The Morgan fingerprint density at radius 3 is 2.58 bits per heavy atom. The highest BCUT2D eigenvalue weighted by Gasteiger charge is 2.18. The van der Waals surface area contributed by atoms with Gasteiger partial charge in [-0.05, 0) is 23.1 Å². The van der Waals surface area contributed by atoms with Gasteiger partial charge in [-0.25, -0.2) is 0 Å². The van der Waals surface area contributed by atoms with Crippen molar-refractivity contribution in [1.82, 2.24) is 15.4 Å². The number of halogens is 2. The van der Waals surface area contributed by atoms with Crippen LogP contribution in [0.1, 0.15) is 16.1 Å². The van der Waals surface area contributed by atoms with E-state index in [9.17, 15) is 9.59 Å². The molecule has 8 heteroatoms. The van der Waals surface area contributed by atoms with Crippen LogP contribution in [0.3, 0.4) is 0 Å². The van der Waals surface area contributed by atoms with E-state index in [-0.39, 0.29) is 0 Å². The molecule has 0 unspecified atom stereocenters. The molecule has 2 aromatic heterocycles. The van der Waals surface area contributed by atoms with Crippen molar-refractivity contribution in [1.29, 1.82) is 0 Å². The number of fused-ring (bicyclic) bond motifs is 1. The second kappa shape index (κ2) is 7.25. The largest absolute Gasteiger partial charge is 0.331 e. The van der Waals surface area contributed by atoms with Gasteiger partial charge in [0, 0.05) is 6.54 Å². The fourth-order valence-corrected chi connectivity index (χ4v) is 3.27. The smallest absolute Gasteiger partial charge is 0.286 e. The van der Waals surface area contributed by atoms with Gasteiger partial charge in [0.05, 0.1) is 10.2 Å². The summed E-state index contributed by atoms with van der Waals surface area (Å²) in [5.74, 6) is -1.12. The van der Waals surface area contributed by atoms with E-state index in [4.69, 9.17) is 23.2 Å². The van der Waals surface area contributed by atoms with E-state index in [2.05, 4.69) is 10.9 Å². The number of aromatic nitrogens is 1. The number of nitrogens with one attached hydrogen (secondary N) is 2. The molecule has 5 nitrogen and oxygen atoms in total. The number of nitrogens with zero attached hydrogens (tertiary/aromatic N) is 1. The monoisotopic (exact) mass is 381 g/mol. The number of benzene rings is 1. The number of thiophene rings is 1. The topological polar surface area (TPSA) is 63.1 Å². The lowest BCUT2D eigenvalue weighted by Crippen LogP contribution is -2.44. The first kappa shape index (κ1) is 16.8. The second-order valence-corrected chi connectivity index (χ2v) is 7.06. The fourth-order valence-electron chi connectivity index (χ4n) is 2.34. The second-order valence-electron chi connectivity index (χ2n) is 5.02.